The lowest BCUT2D eigenvalue weighted by Crippen LogP contribution is -2.41. The van der Waals surface area contributed by atoms with E-state index in [1.165, 1.54) is 5.01 Å². The lowest BCUT2D eigenvalue weighted by Gasteiger charge is -2.23. The molecule has 128 valence electrons. The summed E-state index contributed by atoms with van der Waals surface area (Å²) in [6.45, 7) is 1.95. The highest BCUT2D eigenvalue weighted by molar-refractivity contribution is 6.40. The van der Waals surface area contributed by atoms with Crippen LogP contribution in [0.4, 0.5) is 5.69 Å². The van der Waals surface area contributed by atoms with Gasteiger partial charge in [0.25, 0.3) is 5.91 Å². The number of hydrogen-bond donors (Lipinski definition) is 2. The van der Waals surface area contributed by atoms with Crippen molar-refractivity contribution >= 4 is 29.2 Å². The smallest absolute Gasteiger partial charge is 0.308 e. The third kappa shape index (κ3) is 4.41. The van der Waals surface area contributed by atoms with Crippen LogP contribution in [0.15, 0.2) is 35.4 Å². The van der Waals surface area contributed by atoms with Crippen molar-refractivity contribution in [3.05, 3.63) is 30.3 Å². The van der Waals surface area contributed by atoms with E-state index < -0.39 is 17.8 Å². The molecule has 1 aromatic rings. The van der Waals surface area contributed by atoms with Crippen molar-refractivity contribution in [3.8, 4) is 0 Å². The summed E-state index contributed by atoms with van der Waals surface area (Å²) in [7, 11) is 0. The van der Waals surface area contributed by atoms with Crippen LogP contribution >= 0.6 is 0 Å². The topological polar surface area (TPSA) is 99.1 Å². The third-order valence-electron chi connectivity index (χ3n) is 3.79. The molecule has 0 saturated carbocycles. The number of benzene rings is 1. The van der Waals surface area contributed by atoms with Crippen LogP contribution in [-0.4, -0.2) is 35.1 Å². The minimum atomic E-state index is -0.927. The van der Waals surface area contributed by atoms with E-state index >= 15 is 0 Å². The minimum absolute atomic E-state index is 0.0559. The van der Waals surface area contributed by atoms with E-state index in [-0.39, 0.29) is 31.0 Å². The van der Waals surface area contributed by atoms with Crippen LogP contribution in [-0.2, 0) is 14.4 Å². The van der Waals surface area contributed by atoms with Gasteiger partial charge in [0.15, 0.2) is 0 Å². The average molecular weight is 331 g/mol. The summed E-state index contributed by atoms with van der Waals surface area (Å²) in [4.78, 5) is 35.4. The van der Waals surface area contributed by atoms with Gasteiger partial charge < -0.3 is 10.4 Å². The Balaban J connectivity index is 2.06. The third-order valence-corrected chi connectivity index (χ3v) is 3.79. The number of hydrazone groups is 1. The molecular formula is C17H21N3O4. The Bertz CT molecular complexity index is 642. The molecule has 1 aliphatic heterocycles. The number of carbonyl (C=O) groups is 3. The van der Waals surface area contributed by atoms with Crippen LogP contribution in [0.2, 0.25) is 0 Å². The molecule has 0 aliphatic carbocycles. The number of nitrogens with one attached hydrogen (secondary N) is 1. The number of carboxylic acid groups (broad SMARTS) is 1. The van der Waals surface area contributed by atoms with Gasteiger partial charge in [-0.1, -0.05) is 31.5 Å². The Kier molecular flexibility index (Phi) is 6.06. The number of carboxylic acids is 1. The highest BCUT2D eigenvalue weighted by Crippen LogP contribution is 2.19. The lowest BCUT2D eigenvalue weighted by atomic mass is 10.0. The Morgan fingerprint density at radius 1 is 1.29 bits per heavy atom. The monoisotopic (exact) mass is 331 g/mol. The summed E-state index contributed by atoms with van der Waals surface area (Å²) >= 11 is 0. The highest BCUT2D eigenvalue weighted by Gasteiger charge is 2.26. The second-order valence-electron chi connectivity index (χ2n) is 5.62. The van der Waals surface area contributed by atoms with Gasteiger partial charge in [0.2, 0.25) is 5.91 Å². The number of aliphatic carboxylic acids is 1. The molecule has 7 heteroatoms. The molecule has 1 aromatic carbocycles. The average Bonchev–Trinajstić information content (AvgIpc) is 2.59. The van der Waals surface area contributed by atoms with Gasteiger partial charge in [0.1, 0.15) is 5.71 Å². The van der Waals surface area contributed by atoms with Crippen molar-refractivity contribution in [2.24, 2.45) is 11.0 Å². The molecule has 1 unspecified atom stereocenters. The van der Waals surface area contributed by atoms with Crippen molar-refractivity contribution in [2.45, 2.75) is 32.6 Å². The first kappa shape index (κ1) is 17.7. The van der Waals surface area contributed by atoms with Crippen molar-refractivity contribution in [3.63, 3.8) is 0 Å². The number of amides is 2. The number of anilines is 1. The van der Waals surface area contributed by atoms with Gasteiger partial charge in [0.05, 0.1) is 11.6 Å². The lowest BCUT2D eigenvalue weighted by molar-refractivity contribution is -0.141. The standard InChI is InChI=1S/C17H21N3O4/c1-2-6-12(17(23)24)11-18-16(22)14-9-10-15(21)20(19-14)13-7-4-3-5-8-13/h3-5,7-8,12H,2,6,9-11H2,1H3,(H,18,22)(H,23,24). The maximum atomic E-state index is 12.2. The number of rotatable bonds is 7. The summed E-state index contributed by atoms with van der Waals surface area (Å²) in [5.74, 6) is -2.14. The molecule has 24 heavy (non-hydrogen) atoms. The van der Waals surface area contributed by atoms with Gasteiger partial charge in [-0.2, -0.15) is 5.10 Å². The molecule has 0 spiro atoms. The van der Waals surface area contributed by atoms with E-state index in [1.807, 2.05) is 13.0 Å². The van der Waals surface area contributed by atoms with E-state index in [0.29, 0.717) is 12.1 Å². The van der Waals surface area contributed by atoms with E-state index in [0.717, 1.165) is 6.42 Å². The van der Waals surface area contributed by atoms with Crippen LogP contribution in [0.3, 0.4) is 0 Å². The fourth-order valence-electron chi connectivity index (χ4n) is 2.47. The van der Waals surface area contributed by atoms with Crippen molar-refractivity contribution in [1.82, 2.24) is 5.32 Å². The first-order chi connectivity index (χ1) is 11.5. The predicted molar refractivity (Wildman–Crippen MR) is 89.6 cm³/mol. The Hall–Kier alpha value is -2.70. The molecule has 2 rings (SSSR count). The molecule has 0 fully saturated rings. The van der Waals surface area contributed by atoms with E-state index in [9.17, 15) is 14.4 Å². The molecule has 1 heterocycles. The SMILES string of the molecule is CCCC(CNC(=O)C1=NN(c2ccccc2)C(=O)CC1)C(=O)O. The fraction of sp³-hybridized carbons (Fsp3) is 0.412. The molecule has 1 aliphatic rings. The normalized spacial score (nSPS) is 15.6. The number of nitrogens with zero attached hydrogens (tertiary/aromatic N) is 2. The maximum Gasteiger partial charge on any atom is 0.308 e. The zero-order valence-corrected chi connectivity index (χ0v) is 13.6. The summed E-state index contributed by atoms with van der Waals surface area (Å²) in [6.07, 6.45) is 1.67. The second kappa shape index (κ2) is 8.24. The number of carbonyl (C=O) groups excluding carboxylic acids is 2. The van der Waals surface area contributed by atoms with Crippen LogP contribution in [0.5, 0.6) is 0 Å². The van der Waals surface area contributed by atoms with Crippen LogP contribution < -0.4 is 10.3 Å². The van der Waals surface area contributed by atoms with E-state index in [2.05, 4.69) is 10.4 Å². The number of para-hydroxylation sites is 1. The molecule has 1 atom stereocenters. The van der Waals surface area contributed by atoms with Crippen molar-refractivity contribution in [1.29, 1.82) is 0 Å². The number of hydrogen-bond acceptors (Lipinski definition) is 4. The first-order valence-electron chi connectivity index (χ1n) is 7.99. The largest absolute Gasteiger partial charge is 0.481 e. The molecule has 0 bridgehead atoms. The van der Waals surface area contributed by atoms with Gasteiger partial charge in [-0.15, -0.1) is 0 Å². The Morgan fingerprint density at radius 3 is 2.62 bits per heavy atom. The summed E-state index contributed by atoms with van der Waals surface area (Å²) in [5, 5.41) is 17.1. The Labute approximate surface area is 140 Å². The van der Waals surface area contributed by atoms with Gasteiger partial charge in [-0.05, 0) is 18.6 Å². The van der Waals surface area contributed by atoms with Crippen molar-refractivity contribution in [2.75, 3.05) is 11.6 Å². The van der Waals surface area contributed by atoms with Crippen molar-refractivity contribution < 1.29 is 19.5 Å². The zero-order valence-electron chi connectivity index (χ0n) is 13.6. The Morgan fingerprint density at radius 2 is 2.00 bits per heavy atom. The zero-order chi connectivity index (χ0) is 17.5. The minimum Gasteiger partial charge on any atom is -0.481 e. The van der Waals surface area contributed by atoms with Crippen LogP contribution in [0.25, 0.3) is 0 Å². The molecule has 7 nitrogen and oxygen atoms in total. The predicted octanol–water partition coefficient (Wildman–Crippen LogP) is 1.79. The van der Waals surface area contributed by atoms with Gasteiger partial charge in [-0.25, -0.2) is 5.01 Å². The molecule has 0 radical (unpaired) electrons. The molecule has 2 amide bonds. The molecule has 2 N–H and O–H groups in total. The molecule has 0 saturated heterocycles. The van der Waals surface area contributed by atoms with E-state index in [4.69, 9.17) is 5.11 Å². The van der Waals surface area contributed by atoms with Gasteiger partial charge >= 0.3 is 5.97 Å². The van der Waals surface area contributed by atoms with Crippen LogP contribution in [0.1, 0.15) is 32.6 Å². The molecular weight excluding hydrogens is 310 g/mol. The second-order valence-corrected chi connectivity index (χ2v) is 5.62. The fourth-order valence-corrected chi connectivity index (χ4v) is 2.47. The quantitative estimate of drug-likeness (QED) is 0.795. The summed E-state index contributed by atoms with van der Waals surface area (Å²) < 4.78 is 0. The highest BCUT2D eigenvalue weighted by atomic mass is 16.4. The molecule has 0 aromatic heterocycles. The van der Waals surface area contributed by atoms with Gasteiger partial charge in [0, 0.05) is 19.4 Å². The van der Waals surface area contributed by atoms with Gasteiger partial charge in [-0.3, -0.25) is 14.4 Å². The summed E-state index contributed by atoms with van der Waals surface area (Å²) in [6, 6.07) is 8.88. The summed E-state index contributed by atoms with van der Waals surface area (Å²) in [5.41, 5.74) is 0.834. The van der Waals surface area contributed by atoms with Crippen LogP contribution in [0, 0.1) is 5.92 Å². The maximum absolute atomic E-state index is 12.2. The first-order valence-corrected chi connectivity index (χ1v) is 7.99. The van der Waals surface area contributed by atoms with E-state index in [1.54, 1.807) is 24.3 Å².